The van der Waals surface area contributed by atoms with E-state index in [0.29, 0.717) is 29.8 Å². The van der Waals surface area contributed by atoms with Crippen molar-refractivity contribution in [3.63, 3.8) is 0 Å². The van der Waals surface area contributed by atoms with E-state index in [1.165, 1.54) is 36.7 Å². The van der Waals surface area contributed by atoms with E-state index in [-0.39, 0.29) is 23.0 Å². The van der Waals surface area contributed by atoms with E-state index in [1.807, 2.05) is 0 Å². The van der Waals surface area contributed by atoms with Crippen molar-refractivity contribution in [1.82, 2.24) is 9.97 Å². The molecule has 1 unspecified atom stereocenters. The molecule has 6 heteroatoms. The highest BCUT2D eigenvalue weighted by Crippen LogP contribution is 2.27. The van der Waals surface area contributed by atoms with E-state index >= 15 is 0 Å². The Bertz CT molecular complexity index is 985. The van der Waals surface area contributed by atoms with Crippen molar-refractivity contribution < 1.29 is 19.0 Å². The second kappa shape index (κ2) is 9.39. The summed E-state index contributed by atoms with van der Waals surface area (Å²) < 4.78 is 29.0. The van der Waals surface area contributed by atoms with Crippen LogP contribution in [0.1, 0.15) is 31.7 Å². The van der Waals surface area contributed by atoms with Crippen LogP contribution in [0.2, 0.25) is 0 Å². The zero-order valence-corrected chi connectivity index (χ0v) is 16.0. The van der Waals surface area contributed by atoms with Gasteiger partial charge < -0.3 is 10.2 Å². The number of allylic oxidation sites excluding steroid dienone is 1. The summed E-state index contributed by atoms with van der Waals surface area (Å²) in [5.41, 5.74) is 1.34. The number of benzene rings is 2. The predicted molar refractivity (Wildman–Crippen MR) is 109 cm³/mol. The first-order valence-electron chi connectivity index (χ1n) is 9.40. The summed E-state index contributed by atoms with van der Waals surface area (Å²) in [6.45, 7) is 1.72. The molecule has 1 heterocycles. The summed E-state index contributed by atoms with van der Waals surface area (Å²) in [5.74, 6) is -1.31. The van der Waals surface area contributed by atoms with E-state index in [1.54, 1.807) is 31.2 Å². The van der Waals surface area contributed by atoms with Gasteiger partial charge >= 0.3 is 0 Å². The Labute approximate surface area is 168 Å². The SMILES string of the molecule is CC(O)CCCC=Cc1ccc(-c2cnc(-c3ccc(O)cc3)nc2)c(F)c1F. The second-order valence-electron chi connectivity index (χ2n) is 6.85. The number of aliphatic hydroxyl groups is 1. The molecule has 2 aromatic carbocycles. The van der Waals surface area contributed by atoms with Gasteiger partial charge in [0.05, 0.1) is 6.10 Å². The molecule has 0 aliphatic carbocycles. The lowest BCUT2D eigenvalue weighted by Crippen LogP contribution is -1.97. The van der Waals surface area contributed by atoms with Gasteiger partial charge in [-0.3, -0.25) is 0 Å². The maximum Gasteiger partial charge on any atom is 0.167 e. The normalized spacial score (nSPS) is 12.4. The number of phenols is 1. The third-order valence-corrected chi connectivity index (χ3v) is 4.49. The number of rotatable bonds is 7. The van der Waals surface area contributed by atoms with E-state index < -0.39 is 11.6 Å². The number of hydrogen-bond acceptors (Lipinski definition) is 4. The molecular formula is C23H22F2N2O2. The van der Waals surface area contributed by atoms with Crippen molar-refractivity contribution >= 4 is 6.08 Å². The quantitative estimate of drug-likeness (QED) is 0.528. The lowest BCUT2D eigenvalue weighted by atomic mass is 10.0. The molecule has 4 nitrogen and oxygen atoms in total. The highest BCUT2D eigenvalue weighted by molar-refractivity contribution is 5.67. The minimum atomic E-state index is -0.947. The molecule has 0 saturated heterocycles. The molecule has 0 radical (unpaired) electrons. The van der Waals surface area contributed by atoms with Crippen LogP contribution in [0, 0.1) is 11.6 Å². The molecule has 0 saturated carbocycles. The molecule has 1 atom stereocenters. The van der Waals surface area contributed by atoms with Gasteiger partial charge in [0.1, 0.15) is 5.75 Å². The van der Waals surface area contributed by atoms with Gasteiger partial charge in [-0.1, -0.05) is 24.3 Å². The summed E-state index contributed by atoms with van der Waals surface area (Å²) in [4.78, 5) is 8.43. The molecule has 2 N–H and O–H groups in total. The number of nitrogens with zero attached hydrogens (tertiary/aromatic N) is 2. The number of unbranched alkanes of at least 4 members (excludes halogenated alkanes) is 1. The molecule has 0 bridgehead atoms. The number of hydrogen-bond donors (Lipinski definition) is 2. The Morgan fingerprint density at radius 1 is 0.966 bits per heavy atom. The predicted octanol–water partition coefficient (Wildman–Crippen LogP) is 5.36. The third-order valence-electron chi connectivity index (χ3n) is 4.49. The summed E-state index contributed by atoms with van der Waals surface area (Å²) >= 11 is 0. The Hall–Kier alpha value is -3.12. The van der Waals surface area contributed by atoms with Crippen molar-refractivity contribution in [2.75, 3.05) is 0 Å². The van der Waals surface area contributed by atoms with E-state index in [4.69, 9.17) is 0 Å². The smallest absolute Gasteiger partial charge is 0.167 e. The van der Waals surface area contributed by atoms with Crippen LogP contribution in [-0.4, -0.2) is 26.3 Å². The van der Waals surface area contributed by atoms with Gasteiger partial charge in [-0.2, -0.15) is 0 Å². The number of halogens is 2. The molecule has 0 spiro atoms. The van der Waals surface area contributed by atoms with Gasteiger partial charge in [0, 0.05) is 34.6 Å². The number of aromatic hydroxyl groups is 1. The number of aromatic nitrogens is 2. The maximum atomic E-state index is 14.6. The van der Waals surface area contributed by atoms with Gasteiger partial charge in [-0.15, -0.1) is 0 Å². The molecule has 0 amide bonds. The zero-order chi connectivity index (χ0) is 20.8. The first kappa shape index (κ1) is 20.6. The van der Waals surface area contributed by atoms with Crippen LogP contribution < -0.4 is 0 Å². The van der Waals surface area contributed by atoms with Crippen molar-refractivity contribution in [2.24, 2.45) is 0 Å². The van der Waals surface area contributed by atoms with Gasteiger partial charge in [-0.05, 0) is 50.5 Å². The summed E-state index contributed by atoms with van der Waals surface area (Å²) in [6, 6.07) is 9.43. The van der Waals surface area contributed by atoms with E-state index in [0.717, 1.165) is 6.42 Å². The summed E-state index contributed by atoms with van der Waals surface area (Å²) in [6.07, 6.45) is 7.97. The standard InChI is InChI=1S/C23H22F2N2O2/c1-15(28)5-3-2-4-6-16-9-12-20(22(25)21(16)24)18-13-26-23(27-14-18)17-7-10-19(29)11-8-17/h4,6-15,28-29H,2-3,5H2,1H3. The van der Waals surface area contributed by atoms with Gasteiger partial charge in [-0.25, -0.2) is 18.7 Å². The zero-order valence-electron chi connectivity index (χ0n) is 16.0. The van der Waals surface area contributed by atoms with Gasteiger partial charge in [0.2, 0.25) is 0 Å². The molecule has 0 aliphatic heterocycles. The van der Waals surface area contributed by atoms with Crippen LogP contribution in [0.4, 0.5) is 8.78 Å². The average Bonchev–Trinajstić information content (AvgIpc) is 2.71. The topological polar surface area (TPSA) is 66.2 Å². The molecule has 0 aliphatic rings. The second-order valence-corrected chi connectivity index (χ2v) is 6.85. The summed E-state index contributed by atoms with van der Waals surface area (Å²) in [7, 11) is 0. The Kier molecular flexibility index (Phi) is 6.67. The van der Waals surface area contributed by atoms with Crippen LogP contribution in [0.3, 0.4) is 0 Å². The lowest BCUT2D eigenvalue weighted by molar-refractivity contribution is 0.182. The van der Waals surface area contributed by atoms with Crippen LogP contribution in [-0.2, 0) is 0 Å². The fraction of sp³-hybridized carbons (Fsp3) is 0.217. The van der Waals surface area contributed by atoms with Crippen molar-refractivity contribution in [2.45, 2.75) is 32.3 Å². The van der Waals surface area contributed by atoms with Crippen LogP contribution in [0.25, 0.3) is 28.6 Å². The Balaban J connectivity index is 1.76. The van der Waals surface area contributed by atoms with E-state index in [9.17, 15) is 19.0 Å². The number of aliphatic hydroxyl groups excluding tert-OH is 1. The monoisotopic (exact) mass is 396 g/mol. The molecule has 0 fully saturated rings. The van der Waals surface area contributed by atoms with Crippen LogP contribution >= 0.6 is 0 Å². The van der Waals surface area contributed by atoms with Crippen molar-refractivity contribution in [1.29, 1.82) is 0 Å². The highest BCUT2D eigenvalue weighted by Gasteiger charge is 2.14. The Morgan fingerprint density at radius 2 is 1.66 bits per heavy atom. The maximum absolute atomic E-state index is 14.6. The highest BCUT2D eigenvalue weighted by atomic mass is 19.2. The minimum Gasteiger partial charge on any atom is -0.508 e. The minimum absolute atomic E-state index is 0.0889. The lowest BCUT2D eigenvalue weighted by Gasteiger charge is -2.07. The van der Waals surface area contributed by atoms with Crippen molar-refractivity contribution in [3.05, 3.63) is 72.1 Å². The molecule has 3 aromatic rings. The molecular weight excluding hydrogens is 374 g/mol. The molecule has 29 heavy (non-hydrogen) atoms. The largest absolute Gasteiger partial charge is 0.508 e. The first-order valence-corrected chi connectivity index (χ1v) is 9.40. The molecule has 3 rings (SSSR count). The van der Waals surface area contributed by atoms with Gasteiger partial charge in [0.25, 0.3) is 0 Å². The van der Waals surface area contributed by atoms with Crippen molar-refractivity contribution in [3.8, 4) is 28.3 Å². The fourth-order valence-electron chi connectivity index (χ4n) is 2.88. The molecule has 150 valence electrons. The van der Waals surface area contributed by atoms with Crippen LogP contribution in [0.15, 0.2) is 54.9 Å². The van der Waals surface area contributed by atoms with Crippen LogP contribution in [0.5, 0.6) is 5.75 Å². The molecule has 1 aromatic heterocycles. The van der Waals surface area contributed by atoms with Gasteiger partial charge in [0.15, 0.2) is 17.5 Å². The third kappa shape index (κ3) is 5.23. The van der Waals surface area contributed by atoms with E-state index in [2.05, 4.69) is 9.97 Å². The average molecular weight is 396 g/mol. The number of phenolic OH excluding ortho intramolecular Hbond substituents is 1. The Morgan fingerprint density at radius 3 is 2.31 bits per heavy atom. The first-order chi connectivity index (χ1) is 14.0. The fourth-order valence-corrected chi connectivity index (χ4v) is 2.88. The summed E-state index contributed by atoms with van der Waals surface area (Å²) in [5, 5.41) is 18.6.